The summed E-state index contributed by atoms with van der Waals surface area (Å²) < 4.78 is 28.2. The minimum atomic E-state index is -3.75. The van der Waals surface area contributed by atoms with E-state index in [1.807, 2.05) is 25.9 Å². The molecule has 124 valence electrons. The van der Waals surface area contributed by atoms with Crippen molar-refractivity contribution in [2.45, 2.75) is 45.2 Å². The molecule has 1 aliphatic rings. The molecule has 0 radical (unpaired) electrons. The zero-order chi connectivity index (χ0) is 16.2. The van der Waals surface area contributed by atoms with Gasteiger partial charge in [0.15, 0.2) is 0 Å². The number of carboxylic acid groups (broad SMARTS) is 1. The monoisotopic (exact) mass is 321 g/mol. The molecule has 0 spiro atoms. The Hall–Kier alpha value is -0.700. The van der Waals surface area contributed by atoms with E-state index < -0.39 is 22.2 Å². The molecule has 1 aliphatic heterocycles. The smallest absolute Gasteiger partial charge is 0.322 e. The number of carbonyl (C=O) groups is 1. The van der Waals surface area contributed by atoms with Crippen LogP contribution in [0.4, 0.5) is 0 Å². The van der Waals surface area contributed by atoms with Crippen molar-refractivity contribution in [2.24, 2.45) is 0 Å². The number of hydrogen-bond donors (Lipinski definition) is 1. The van der Waals surface area contributed by atoms with Crippen LogP contribution in [0.5, 0.6) is 0 Å². The Morgan fingerprint density at radius 3 is 2.48 bits per heavy atom. The largest absolute Gasteiger partial charge is 0.480 e. The number of hydrogen-bond acceptors (Lipinski definition) is 4. The standard InChI is InChI=1S/C13H27N3O4S/c1-5-15(11(2)10-14(3)4)21(19,20)16-9-7-6-8-12(16)13(17)18/h11-12H,5-10H2,1-4H3,(H,17,18). The van der Waals surface area contributed by atoms with Gasteiger partial charge in [-0.3, -0.25) is 4.79 Å². The van der Waals surface area contributed by atoms with Crippen LogP contribution in [0.3, 0.4) is 0 Å². The number of carboxylic acids is 1. The Balaban J connectivity index is 3.01. The predicted molar refractivity (Wildman–Crippen MR) is 81.3 cm³/mol. The van der Waals surface area contributed by atoms with Crippen LogP contribution in [0.2, 0.25) is 0 Å². The van der Waals surface area contributed by atoms with Gasteiger partial charge in [-0.2, -0.15) is 17.0 Å². The number of likely N-dealkylation sites (N-methyl/N-ethyl adjacent to an activating group) is 2. The summed E-state index contributed by atoms with van der Waals surface area (Å²) in [5.74, 6) is -1.06. The Bertz CT molecular complexity index is 452. The maximum atomic E-state index is 12.8. The van der Waals surface area contributed by atoms with E-state index in [2.05, 4.69) is 0 Å². The second kappa shape index (κ2) is 7.53. The first kappa shape index (κ1) is 18.3. The quantitative estimate of drug-likeness (QED) is 0.736. The Labute approximate surface area is 127 Å². The molecule has 2 atom stereocenters. The van der Waals surface area contributed by atoms with Gasteiger partial charge in [-0.05, 0) is 40.3 Å². The fourth-order valence-electron chi connectivity index (χ4n) is 2.88. The molecule has 0 aromatic rings. The molecule has 0 bridgehead atoms. The molecule has 0 aliphatic carbocycles. The molecule has 0 aromatic carbocycles. The van der Waals surface area contributed by atoms with Gasteiger partial charge in [0.2, 0.25) is 0 Å². The molecule has 1 fully saturated rings. The van der Waals surface area contributed by atoms with Crippen molar-refractivity contribution in [3.63, 3.8) is 0 Å². The summed E-state index contributed by atoms with van der Waals surface area (Å²) in [4.78, 5) is 13.3. The van der Waals surface area contributed by atoms with Crippen molar-refractivity contribution in [2.75, 3.05) is 33.7 Å². The van der Waals surface area contributed by atoms with Gasteiger partial charge in [-0.25, -0.2) is 0 Å². The molecule has 21 heavy (non-hydrogen) atoms. The summed E-state index contributed by atoms with van der Waals surface area (Å²) in [6.07, 6.45) is 1.85. The first-order chi connectivity index (χ1) is 9.71. The van der Waals surface area contributed by atoms with E-state index in [4.69, 9.17) is 0 Å². The normalized spacial score (nSPS) is 22.7. The van der Waals surface area contributed by atoms with Crippen molar-refractivity contribution < 1.29 is 18.3 Å². The van der Waals surface area contributed by atoms with Gasteiger partial charge in [0.05, 0.1) is 0 Å². The van der Waals surface area contributed by atoms with Crippen molar-refractivity contribution in [1.82, 2.24) is 13.5 Å². The highest BCUT2D eigenvalue weighted by Crippen LogP contribution is 2.24. The van der Waals surface area contributed by atoms with E-state index in [1.165, 1.54) is 4.31 Å². The Morgan fingerprint density at radius 2 is 2.00 bits per heavy atom. The summed E-state index contributed by atoms with van der Waals surface area (Å²) >= 11 is 0. The molecule has 0 saturated carbocycles. The minimum absolute atomic E-state index is 0.202. The maximum absolute atomic E-state index is 12.8. The van der Waals surface area contributed by atoms with E-state index in [1.54, 1.807) is 6.92 Å². The third kappa shape index (κ3) is 4.38. The second-order valence-corrected chi connectivity index (χ2v) is 7.62. The second-order valence-electron chi connectivity index (χ2n) is 5.78. The van der Waals surface area contributed by atoms with Crippen LogP contribution in [-0.4, -0.2) is 78.8 Å². The fourth-order valence-corrected chi connectivity index (χ4v) is 4.88. The van der Waals surface area contributed by atoms with Gasteiger partial charge in [0, 0.05) is 25.7 Å². The molecule has 1 N–H and O–H groups in total. The van der Waals surface area contributed by atoms with Crippen molar-refractivity contribution in [3.8, 4) is 0 Å². The van der Waals surface area contributed by atoms with Gasteiger partial charge >= 0.3 is 5.97 Å². The van der Waals surface area contributed by atoms with Crippen LogP contribution in [-0.2, 0) is 15.0 Å². The van der Waals surface area contributed by atoms with Crippen molar-refractivity contribution >= 4 is 16.2 Å². The molecule has 1 rings (SSSR count). The molecule has 2 unspecified atom stereocenters. The molecule has 7 nitrogen and oxygen atoms in total. The van der Waals surface area contributed by atoms with Gasteiger partial charge < -0.3 is 10.0 Å². The van der Waals surface area contributed by atoms with E-state index >= 15 is 0 Å². The molecule has 0 amide bonds. The van der Waals surface area contributed by atoms with E-state index in [-0.39, 0.29) is 12.6 Å². The average molecular weight is 321 g/mol. The number of aliphatic carboxylic acids is 1. The third-order valence-electron chi connectivity index (χ3n) is 3.76. The van der Waals surface area contributed by atoms with Crippen LogP contribution in [0, 0.1) is 0 Å². The summed E-state index contributed by atoms with van der Waals surface area (Å²) in [6.45, 7) is 4.84. The molecule has 1 heterocycles. The van der Waals surface area contributed by atoms with Crippen LogP contribution in [0.1, 0.15) is 33.1 Å². The first-order valence-electron chi connectivity index (χ1n) is 7.38. The van der Waals surface area contributed by atoms with Gasteiger partial charge in [0.1, 0.15) is 6.04 Å². The van der Waals surface area contributed by atoms with E-state index in [0.29, 0.717) is 25.9 Å². The molecular weight excluding hydrogens is 294 g/mol. The third-order valence-corrected chi connectivity index (χ3v) is 6.00. The summed E-state index contributed by atoms with van der Waals surface area (Å²) in [6, 6.07) is -1.14. The van der Waals surface area contributed by atoms with Crippen LogP contribution >= 0.6 is 0 Å². The highest BCUT2D eigenvalue weighted by molar-refractivity contribution is 7.86. The lowest BCUT2D eigenvalue weighted by molar-refractivity contribution is -0.142. The highest BCUT2D eigenvalue weighted by Gasteiger charge is 2.40. The average Bonchev–Trinajstić information content (AvgIpc) is 2.38. The topological polar surface area (TPSA) is 81.2 Å². The highest BCUT2D eigenvalue weighted by atomic mass is 32.2. The first-order valence-corrected chi connectivity index (χ1v) is 8.77. The maximum Gasteiger partial charge on any atom is 0.322 e. The molecule has 1 saturated heterocycles. The predicted octanol–water partition coefficient (Wildman–Crippen LogP) is 0.442. The number of nitrogens with zero attached hydrogens (tertiary/aromatic N) is 3. The van der Waals surface area contributed by atoms with Gasteiger partial charge in [-0.15, -0.1) is 0 Å². The fraction of sp³-hybridized carbons (Fsp3) is 0.923. The number of piperidine rings is 1. The minimum Gasteiger partial charge on any atom is -0.480 e. The van der Waals surface area contributed by atoms with Gasteiger partial charge in [0.25, 0.3) is 10.2 Å². The van der Waals surface area contributed by atoms with E-state index in [0.717, 1.165) is 10.7 Å². The summed E-state index contributed by atoms with van der Waals surface area (Å²) in [5.41, 5.74) is 0. The lowest BCUT2D eigenvalue weighted by atomic mass is 10.1. The van der Waals surface area contributed by atoms with Crippen molar-refractivity contribution in [3.05, 3.63) is 0 Å². The van der Waals surface area contributed by atoms with Crippen LogP contribution < -0.4 is 0 Å². The van der Waals surface area contributed by atoms with Crippen molar-refractivity contribution in [1.29, 1.82) is 0 Å². The zero-order valence-corrected chi connectivity index (χ0v) is 14.1. The SMILES string of the molecule is CCN(C(C)CN(C)C)S(=O)(=O)N1CCCCC1C(=O)O. The zero-order valence-electron chi connectivity index (χ0n) is 13.3. The summed E-state index contributed by atoms with van der Waals surface area (Å²) in [5, 5.41) is 9.28. The lowest BCUT2D eigenvalue weighted by Crippen LogP contribution is -2.56. The molecule has 8 heteroatoms. The summed E-state index contributed by atoms with van der Waals surface area (Å²) in [7, 11) is 0.0196. The van der Waals surface area contributed by atoms with Gasteiger partial charge in [-0.1, -0.05) is 6.92 Å². The Morgan fingerprint density at radius 1 is 1.38 bits per heavy atom. The van der Waals surface area contributed by atoms with Crippen LogP contribution in [0.15, 0.2) is 0 Å². The van der Waals surface area contributed by atoms with E-state index in [9.17, 15) is 18.3 Å². The number of rotatable bonds is 7. The molecular formula is C13H27N3O4S. The Kier molecular flexibility index (Phi) is 6.58. The lowest BCUT2D eigenvalue weighted by Gasteiger charge is -2.38. The van der Waals surface area contributed by atoms with Crippen LogP contribution in [0.25, 0.3) is 0 Å². The molecule has 0 aromatic heterocycles.